The zero-order valence-electron chi connectivity index (χ0n) is 13.2. The molecule has 0 atom stereocenters. The van der Waals surface area contributed by atoms with Crippen LogP contribution in [0.4, 0.5) is 5.69 Å². The minimum absolute atomic E-state index is 0.678. The molecule has 2 aromatic rings. The maximum atomic E-state index is 6.19. The van der Waals surface area contributed by atoms with E-state index in [-0.39, 0.29) is 0 Å². The van der Waals surface area contributed by atoms with E-state index >= 15 is 0 Å². The van der Waals surface area contributed by atoms with Crippen LogP contribution in [0.5, 0.6) is 11.5 Å². The summed E-state index contributed by atoms with van der Waals surface area (Å²) in [5.74, 6) is 1.75. The van der Waals surface area contributed by atoms with E-state index in [1.807, 2.05) is 43.5 Å². The lowest BCUT2D eigenvalue weighted by Crippen LogP contribution is -2.17. The lowest BCUT2D eigenvalue weighted by Gasteiger charge is -2.23. The van der Waals surface area contributed by atoms with Crippen molar-refractivity contribution in [3.05, 3.63) is 66.7 Å². The zero-order chi connectivity index (χ0) is 15.8. The van der Waals surface area contributed by atoms with Gasteiger partial charge < -0.3 is 15.4 Å². The second kappa shape index (κ2) is 8.25. The Balaban J connectivity index is 2.37. The Labute approximate surface area is 133 Å². The zero-order valence-corrected chi connectivity index (χ0v) is 13.2. The molecule has 0 aromatic heterocycles. The van der Waals surface area contributed by atoms with Gasteiger partial charge in [-0.25, -0.2) is 0 Å². The van der Waals surface area contributed by atoms with Crippen molar-refractivity contribution in [3.8, 4) is 11.5 Å². The third kappa shape index (κ3) is 4.12. The lowest BCUT2D eigenvalue weighted by atomic mass is 10.1. The summed E-state index contributed by atoms with van der Waals surface area (Å²) < 4.78 is 6.19. The Bertz CT molecular complexity index is 596. The van der Waals surface area contributed by atoms with Crippen LogP contribution in [0, 0.1) is 0 Å². The summed E-state index contributed by atoms with van der Waals surface area (Å²) in [6, 6.07) is 16.1. The molecule has 2 rings (SSSR count). The van der Waals surface area contributed by atoms with Crippen LogP contribution in [0.1, 0.15) is 12.0 Å². The Morgan fingerprint density at radius 1 is 1.14 bits per heavy atom. The number of aryl methyl sites for hydroxylation is 1. The molecule has 0 spiro atoms. The summed E-state index contributed by atoms with van der Waals surface area (Å²) >= 11 is 0. The average molecular weight is 296 g/mol. The molecule has 0 bridgehead atoms. The summed E-state index contributed by atoms with van der Waals surface area (Å²) in [5, 5.41) is 0. The summed E-state index contributed by atoms with van der Waals surface area (Å²) in [4.78, 5) is 2.14. The van der Waals surface area contributed by atoms with E-state index in [0.717, 1.165) is 36.6 Å². The molecule has 0 unspecified atom stereocenters. The van der Waals surface area contributed by atoms with E-state index in [2.05, 4.69) is 29.7 Å². The van der Waals surface area contributed by atoms with Crippen molar-refractivity contribution in [1.82, 2.24) is 0 Å². The minimum Gasteiger partial charge on any atom is -0.455 e. The largest absolute Gasteiger partial charge is 0.455 e. The van der Waals surface area contributed by atoms with Gasteiger partial charge in [0, 0.05) is 13.6 Å². The van der Waals surface area contributed by atoms with Crippen LogP contribution in [-0.2, 0) is 6.42 Å². The van der Waals surface area contributed by atoms with Crippen LogP contribution in [0.2, 0.25) is 0 Å². The van der Waals surface area contributed by atoms with Gasteiger partial charge in [-0.2, -0.15) is 0 Å². The number of hydrogen-bond acceptors (Lipinski definition) is 3. The van der Waals surface area contributed by atoms with Gasteiger partial charge in [-0.1, -0.05) is 36.4 Å². The number of anilines is 1. The molecule has 0 fully saturated rings. The molecule has 0 aliphatic heterocycles. The van der Waals surface area contributed by atoms with Crippen molar-refractivity contribution in [2.75, 3.05) is 25.0 Å². The number of hydrogen-bond donors (Lipinski definition) is 1. The van der Waals surface area contributed by atoms with Gasteiger partial charge in [0.15, 0.2) is 5.75 Å². The molecule has 2 aromatic carbocycles. The molecule has 0 aliphatic carbocycles. The van der Waals surface area contributed by atoms with Gasteiger partial charge in [0.25, 0.3) is 0 Å². The SMILES string of the molecule is C=CCN(C)c1cccc(CCCN)c1Oc1ccccc1. The molecule has 3 nitrogen and oxygen atoms in total. The van der Waals surface area contributed by atoms with Gasteiger partial charge in [0.05, 0.1) is 5.69 Å². The fourth-order valence-corrected chi connectivity index (χ4v) is 2.38. The topological polar surface area (TPSA) is 38.5 Å². The van der Waals surface area contributed by atoms with E-state index in [0.29, 0.717) is 6.54 Å². The van der Waals surface area contributed by atoms with Gasteiger partial charge in [-0.05, 0) is 43.1 Å². The van der Waals surface area contributed by atoms with Crippen molar-refractivity contribution in [3.63, 3.8) is 0 Å². The average Bonchev–Trinajstić information content (AvgIpc) is 2.55. The highest BCUT2D eigenvalue weighted by Crippen LogP contribution is 2.36. The fraction of sp³-hybridized carbons (Fsp3) is 0.263. The number of rotatable bonds is 8. The van der Waals surface area contributed by atoms with Crippen LogP contribution in [0.25, 0.3) is 0 Å². The Morgan fingerprint density at radius 2 is 1.91 bits per heavy atom. The Kier molecular flexibility index (Phi) is 6.04. The van der Waals surface area contributed by atoms with Crippen molar-refractivity contribution in [2.45, 2.75) is 12.8 Å². The van der Waals surface area contributed by atoms with Crippen molar-refractivity contribution in [2.24, 2.45) is 5.73 Å². The van der Waals surface area contributed by atoms with E-state index in [4.69, 9.17) is 10.5 Å². The van der Waals surface area contributed by atoms with Crippen molar-refractivity contribution < 1.29 is 4.74 Å². The molecule has 0 amide bonds. The second-order valence-electron chi connectivity index (χ2n) is 5.24. The summed E-state index contributed by atoms with van der Waals surface area (Å²) in [6.45, 7) is 5.26. The van der Waals surface area contributed by atoms with Gasteiger partial charge in [-0.15, -0.1) is 6.58 Å². The van der Waals surface area contributed by atoms with Gasteiger partial charge in [-0.3, -0.25) is 0 Å². The first-order valence-corrected chi connectivity index (χ1v) is 7.63. The van der Waals surface area contributed by atoms with Gasteiger partial charge in [0.1, 0.15) is 5.75 Å². The van der Waals surface area contributed by atoms with Crippen LogP contribution in [0.15, 0.2) is 61.2 Å². The minimum atomic E-state index is 0.678. The number of nitrogens with zero attached hydrogens (tertiary/aromatic N) is 1. The quantitative estimate of drug-likeness (QED) is 0.748. The second-order valence-corrected chi connectivity index (χ2v) is 5.24. The predicted molar refractivity (Wildman–Crippen MR) is 93.8 cm³/mol. The highest BCUT2D eigenvalue weighted by Gasteiger charge is 2.13. The third-order valence-corrected chi connectivity index (χ3v) is 3.50. The lowest BCUT2D eigenvalue weighted by molar-refractivity contribution is 0.475. The first-order chi connectivity index (χ1) is 10.8. The molecule has 3 heteroatoms. The smallest absolute Gasteiger partial charge is 0.153 e. The monoisotopic (exact) mass is 296 g/mol. The highest BCUT2D eigenvalue weighted by molar-refractivity contribution is 5.63. The number of para-hydroxylation sites is 2. The maximum absolute atomic E-state index is 6.19. The number of ether oxygens (including phenoxy) is 1. The van der Waals surface area contributed by atoms with Crippen LogP contribution in [-0.4, -0.2) is 20.1 Å². The van der Waals surface area contributed by atoms with Crippen LogP contribution >= 0.6 is 0 Å². The van der Waals surface area contributed by atoms with E-state index in [1.165, 1.54) is 5.56 Å². The van der Waals surface area contributed by atoms with E-state index < -0.39 is 0 Å². The third-order valence-electron chi connectivity index (χ3n) is 3.50. The molecule has 0 saturated heterocycles. The van der Waals surface area contributed by atoms with Crippen molar-refractivity contribution in [1.29, 1.82) is 0 Å². The fourth-order valence-electron chi connectivity index (χ4n) is 2.38. The summed E-state index contributed by atoms with van der Waals surface area (Å²) in [6.07, 6.45) is 3.74. The van der Waals surface area contributed by atoms with Gasteiger partial charge in [0.2, 0.25) is 0 Å². The predicted octanol–water partition coefficient (Wildman–Crippen LogP) is 3.99. The first kappa shape index (κ1) is 16.1. The number of benzene rings is 2. The molecule has 116 valence electrons. The molecule has 0 heterocycles. The normalized spacial score (nSPS) is 10.3. The van der Waals surface area contributed by atoms with Crippen molar-refractivity contribution >= 4 is 5.69 Å². The number of nitrogens with two attached hydrogens (primary N) is 1. The Morgan fingerprint density at radius 3 is 2.59 bits per heavy atom. The molecular weight excluding hydrogens is 272 g/mol. The summed E-state index contributed by atoms with van der Waals surface area (Å²) in [7, 11) is 2.04. The standard InChI is InChI=1S/C19H24N2O/c1-3-15-21(2)18-13-7-9-16(10-8-14-20)19(18)22-17-11-5-4-6-12-17/h3-7,9,11-13H,1,8,10,14-15,20H2,2H3. The first-order valence-electron chi connectivity index (χ1n) is 7.63. The highest BCUT2D eigenvalue weighted by atomic mass is 16.5. The molecular formula is C19H24N2O. The molecule has 0 radical (unpaired) electrons. The van der Waals surface area contributed by atoms with Crippen LogP contribution in [0.3, 0.4) is 0 Å². The van der Waals surface area contributed by atoms with Crippen LogP contribution < -0.4 is 15.4 Å². The molecule has 2 N–H and O–H groups in total. The maximum Gasteiger partial charge on any atom is 0.153 e. The van der Waals surface area contributed by atoms with E-state index in [9.17, 15) is 0 Å². The summed E-state index contributed by atoms with van der Waals surface area (Å²) in [5.41, 5.74) is 7.91. The molecule has 0 aliphatic rings. The Hall–Kier alpha value is -2.26. The number of likely N-dealkylation sites (N-methyl/N-ethyl adjacent to an activating group) is 1. The van der Waals surface area contributed by atoms with E-state index in [1.54, 1.807) is 0 Å². The molecule has 0 saturated carbocycles. The molecule has 22 heavy (non-hydrogen) atoms. The van der Waals surface area contributed by atoms with Gasteiger partial charge >= 0.3 is 0 Å².